The second kappa shape index (κ2) is 4.82. The van der Waals surface area contributed by atoms with Gasteiger partial charge in [0.1, 0.15) is 5.82 Å². The van der Waals surface area contributed by atoms with Gasteiger partial charge in [0.2, 0.25) is 0 Å². The van der Waals surface area contributed by atoms with E-state index < -0.39 is 5.97 Å². The fraction of sp³-hybridized carbons (Fsp3) is 0.182. The molecule has 1 N–H and O–H groups in total. The Morgan fingerprint density at radius 2 is 2.06 bits per heavy atom. The highest BCUT2D eigenvalue weighted by atomic mass is 127. The smallest absolute Gasteiger partial charge is 0.375 e. The summed E-state index contributed by atoms with van der Waals surface area (Å²) in [6.45, 7) is 1.92. The number of benzene rings is 1. The summed E-state index contributed by atoms with van der Waals surface area (Å²) in [5.41, 5.74) is 0.822. The van der Waals surface area contributed by atoms with Gasteiger partial charge in [0.15, 0.2) is 0 Å². The molecule has 0 unspecified atom stereocenters. The van der Waals surface area contributed by atoms with Crippen molar-refractivity contribution < 1.29 is 9.90 Å². The van der Waals surface area contributed by atoms with Gasteiger partial charge >= 0.3 is 5.97 Å². The van der Waals surface area contributed by atoms with E-state index in [4.69, 9.17) is 5.11 Å². The number of carbonyl (C=O) groups is 1. The van der Waals surface area contributed by atoms with E-state index in [0.717, 1.165) is 9.26 Å². The average Bonchev–Trinajstić information content (AvgIpc) is 2.74. The Morgan fingerprint density at radius 1 is 1.41 bits per heavy atom. The van der Waals surface area contributed by atoms with Gasteiger partial charge in [0.05, 0.1) is 5.69 Å². The summed E-state index contributed by atoms with van der Waals surface area (Å²) in [5, 5.41) is 12.9. The van der Waals surface area contributed by atoms with E-state index in [1.807, 2.05) is 31.2 Å². The Hall–Kier alpha value is -1.44. The van der Waals surface area contributed by atoms with Crippen LogP contribution in [0.5, 0.6) is 0 Å². The highest BCUT2D eigenvalue weighted by Gasteiger charge is 2.14. The molecule has 0 aliphatic heterocycles. The van der Waals surface area contributed by atoms with Crippen LogP contribution in [0.4, 0.5) is 0 Å². The zero-order valence-corrected chi connectivity index (χ0v) is 11.2. The van der Waals surface area contributed by atoms with Gasteiger partial charge in [-0.2, -0.15) is 0 Å². The lowest BCUT2D eigenvalue weighted by Crippen LogP contribution is -2.03. The number of aromatic nitrogens is 3. The number of nitrogens with zero attached hydrogens (tertiary/aromatic N) is 3. The van der Waals surface area contributed by atoms with Gasteiger partial charge in [-0.05, 0) is 46.9 Å². The number of aryl methyl sites for hydroxylation is 1. The molecule has 0 saturated heterocycles. The van der Waals surface area contributed by atoms with E-state index >= 15 is 0 Å². The fourth-order valence-corrected chi connectivity index (χ4v) is 1.81. The molecule has 1 aromatic heterocycles. The van der Waals surface area contributed by atoms with E-state index in [1.165, 1.54) is 0 Å². The maximum atomic E-state index is 10.8. The monoisotopic (exact) mass is 343 g/mol. The molecule has 1 aromatic carbocycles. The van der Waals surface area contributed by atoms with Crippen LogP contribution in [-0.4, -0.2) is 25.8 Å². The Kier molecular flexibility index (Phi) is 3.41. The van der Waals surface area contributed by atoms with Gasteiger partial charge in [0, 0.05) is 9.99 Å². The molecule has 88 valence electrons. The maximum absolute atomic E-state index is 10.8. The fourth-order valence-electron chi connectivity index (χ4n) is 1.45. The standard InChI is InChI=1S/C11H10IN3O2/c1-2-9-13-10(11(16)17)14-15(9)8-5-3-7(12)4-6-8/h3-6H,2H2,1H3,(H,16,17). The molecule has 0 amide bonds. The highest BCUT2D eigenvalue weighted by molar-refractivity contribution is 14.1. The van der Waals surface area contributed by atoms with Crippen molar-refractivity contribution in [2.75, 3.05) is 0 Å². The van der Waals surface area contributed by atoms with Crippen molar-refractivity contribution in [2.24, 2.45) is 0 Å². The number of halogens is 1. The first-order chi connectivity index (χ1) is 8.11. The van der Waals surface area contributed by atoms with Crippen LogP contribution < -0.4 is 0 Å². The molecular weight excluding hydrogens is 333 g/mol. The minimum absolute atomic E-state index is 0.166. The second-order valence-electron chi connectivity index (χ2n) is 3.40. The largest absolute Gasteiger partial charge is 0.475 e. The molecule has 17 heavy (non-hydrogen) atoms. The van der Waals surface area contributed by atoms with Crippen molar-refractivity contribution >= 4 is 28.6 Å². The number of rotatable bonds is 3. The Bertz CT molecular complexity index is 548. The van der Waals surface area contributed by atoms with Crippen molar-refractivity contribution in [3.8, 4) is 5.69 Å². The molecule has 2 aromatic rings. The van der Waals surface area contributed by atoms with E-state index in [0.29, 0.717) is 12.2 Å². The number of carboxylic acids is 1. The van der Waals surface area contributed by atoms with Crippen molar-refractivity contribution in [1.82, 2.24) is 14.8 Å². The number of hydrogen-bond acceptors (Lipinski definition) is 3. The van der Waals surface area contributed by atoms with Crippen LogP contribution in [0.2, 0.25) is 0 Å². The number of aromatic carboxylic acids is 1. The third-order valence-electron chi connectivity index (χ3n) is 2.25. The van der Waals surface area contributed by atoms with E-state index in [-0.39, 0.29) is 5.82 Å². The molecular formula is C11H10IN3O2. The van der Waals surface area contributed by atoms with Crippen molar-refractivity contribution in [2.45, 2.75) is 13.3 Å². The molecule has 0 radical (unpaired) electrons. The molecule has 6 heteroatoms. The molecule has 0 fully saturated rings. The summed E-state index contributed by atoms with van der Waals surface area (Å²) in [4.78, 5) is 14.8. The zero-order chi connectivity index (χ0) is 12.4. The van der Waals surface area contributed by atoms with Crippen LogP contribution in [0, 0.1) is 3.57 Å². The summed E-state index contributed by atoms with van der Waals surface area (Å²) in [5.74, 6) is -0.632. The third kappa shape index (κ3) is 2.46. The summed E-state index contributed by atoms with van der Waals surface area (Å²) in [7, 11) is 0. The molecule has 0 atom stereocenters. The van der Waals surface area contributed by atoms with E-state index in [2.05, 4.69) is 32.7 Å². The molecule has 0 aliphatic carbocycles. The minimum atomic E-state index is -1.11. The van der Waals surface area contributed by atoms with Gasteiger partial charge in [-0.15, -0.1) is 5.10 Å². The van der Waals surface area contributed by atoms with Crippen LogP contribution in [0.3, 0.4) is 0 Å². The first-order valence-corrected chi connectivity index (χ1v) is 6.15. The Balaban J connectivity index is 2.50. The van der Waals surface area contributed by atoms with Crippen molar-refractivity contribution in [3.63, 3.8) is 0 Å². The first kappa shape index (κ1) is 12.0. The molecule has 5 nitrogen and oxygen atoms in total. The molecule has 1 heterocycles. The molecule has 0 bridgehead atoms. The topological polar surface area (TPSA) is 68.0 Å². The normalized spacial score (nSPS) is 10.5. The summed E-state index contributed by atoms with van der Waals surface area (Å²) < 4.78 is 2.68. The van der Waals surface area contributed by atoms with E-state index in [9.17, 15) is 4.79 Å². The summed E-state index contributed by atoms with van der Waals surface area (Å²) >= 11 is 2.21. The Labute approximate surface area is 112 Å². The predicted molar refractivity (Wildman–Crippen MR) is 70.4 cm³/mol. The third-order valence-corrected chi connectivity index (χ3v) is 2.97. The van der Waals surface area contributed by atoms with Crippen molar-refractivity contribution in [3.05, 3.63) is 39.5 Å². The molecule has 0 aliphatic rings. The van der Waals surface area contributed by atoms with Gasteiger partial charge in [-0.3, -0.25) is 0 Å². The van der Waals surface area contributed by atoms with Crippen LogP contribution >= 0.6 is 22.6 Å². The van der Waals surface area contributed by atoms with Crippen molar-refractivity contribution in [1.29, 1.82) is 0 Å². The SMILES string of the molecule is CCc1nc(C(=O)O)nn1-c1ccc(I)cc1. The van der Waals surface area contributed by atoms with Crippen LogP contribution in [0.25, 0.3) is 5.69 Å². The average molecular weight is 343 g/mol. The van der Waals surface area contributed by atoms with Crippen LogP contribution in [0.15, 0.2) is 24.3 Å². The first-order valence-electron chi connectivity index (χ1n) is 5.07. The predicted octanol–water partition coefficient (Wildman–Crippen LogP) is 2.13. The highest BCUT2D eigenvalue weighted by Crippen LogP contribution is 2.13. The zero-order valence-electron chi connectivity index (χ0n) is 9.09. The molecule has 0 saturated carbocycles. The molecule has 0 spiro atoms. The summed E-state index contributed by atoms with van der Waals surface area (Å²) in [6, 6.07) is 7.66. The lowest BCUT2D eigenvalue weighted by atomic mass is 10.3. The lowest BCUT2D eigenvalue weighted by Gasteiger charge is -2.03. The van der Waals surface area contributed by atoms with E-state index in [1.54, 1.807) is 4.68 Å². The number of carboxylic acid groups (broad SMARTS) is 1. The summed E-state index contributed by atoms with van der Waals surface area (Å²) in [6.07, 6.45) is 0.631. The van der Waals surface area contributed by atoms with Gasteiger partial charge in [-0.25, -0.2) is 14.5 Å². The van der Waals surface area contributed by atoms with Gasteiger partial charge in [0.25, 0.3) is 5.82 Å². The van der Waals surface area contributed by atoms with Crippen LogP contribution in [-0.2, 0) is 6.42 Å². The number of hydrogen-bond donors (Lipinski definition) is 1. The maximum Gasteiger partial charge on any atom is 0.375 e. The quantitative estimate of drug-likeness (QED) is 0.867. The van der Waals surface area contributed by atoms with Gasteiger partial charge in [-0.1, -0.05) is 6.92 Å². The Morgan fingerprint density at radius 3 is 2.59 bits per heavy atom. The molecule has 2 rings (SSSR count). The van der Waals surface area contributed by atoms with Gasteiger partial charge < -0.3 is 5.11 Å². The van der Waals surface area contributed by atoms with Crippen LogP contribution in [0.1, 0.15) is 23.4 Å². The second-order valence-corrected chi connectivity index (χ2v) is 4.64. The lowest BCUT2D eigenvalue weighted by molar-refractivity contribution is 0.0683. The minimum Gasteiger partial charge on any atom is -0.475 e.